The Kier molecular flexibility index (Phi) is 6.54. The van der Waals surface area contributed by atoms with Crippen molar-refractivity contribution in [1.82, 2.24) is 20.8 Å². The molecule has 7 nitrogen and oxygen atoms in total. The van der Waals surface area contributed by atoms with Crippen LogP contribution in [0.2, 0.25) is 0 Å². The average Bonchev–Trinajstić information content (AvgIpc) is 3.46. The van der Waals surface area contributed by atoms with Gasteiger partial charge in [0, 0.05) is 34.0 Å². The third-order valence-corrected chi connectivity index (χ3v) is 6.35. The molecular weight excluding hydrogens is 460 g/mol. The minimum absolute atomic E-state index is 0.379. The summed E-state index contributed by atoms with van der Waals surface area (Å²) in [4.78, 5) is 35.3. The Bertz CT molecular complexity index is 1470. The standard InChI is InChI=1S/C27H20N4O3S/c32-26(19-9-11-20(12-10-19)35-17-18-5-3-13-28-16-18)30-31-27(33)22-15-24(25-8-4-14-34-25)29-23-7-2-1-6-21(22)23/h1-16H,17H2,(H,30,32)(H,31,33). The van der Waals surface area contributed by atoms with Crippen molar-refractivity contribution < 1.29 is 14.0 Å². The predicted octanol–water partition coefficient (Wildman–Crippen LogP) is 5.26. The Labute approximate surface area is 205 Å². The van der Waals surface area contributed by atoms with Crippen LogP contribution in [0.4, 0.5) is 0 Å². The normalized spacial score (nSPS) is 10.7. The van der Waals surface area contributed by atoms with E-state index in [0.717, 1.165) is 16.2 Å². The maximum Gasteiger partial charge on any atom is 0.270 e. The van der Waals surface area contributed by atoms with E-state index in [4.69, 9.17) is 4.42 Å². The first-order valence-electron chi connectivity index (χ1n) is 10.8. The lowest BCUT2D eigenvalue weighted by Gasteiger charge is -2.11. The van der Waals surface area contributed by atoms with Crippen LogP contribution >= 0.6 is 11.8 Å². The Balaban J connectivity index is 1.26. The number of fused-ring (bicyclic) bond motifs is 1. The van der Waals surface area contributed by atoms with Gasteiger partial charge >= 0.3 is 0 Å². The zero-order valence-corrected chi connectivity index (χ0v) is 19.3. The molecule has 0 aliphatic carbocycles. The van der Waals surface area contributed by atoms with E-state index in [1.807, 2.05) is 54.7 Å². The zero-order chi connectivity index (χ0) is 24.0. The van der Waals surface area contributed by atoms with Gasteiger partial charge in [-0.3, -0.25) is 25.4 Å². The first-order chi connectivity index (χ1) is 17.2. The maximum absolute atomic E-state index is 13.0. The van der Waals surface area contributed by atoms with Crippen molar-refractivity contribution in [2.24, 2.45) is 0 Å². The largest absolute Gasteiger partial charge is 0.463 e. The van der Waals surface area contributed by atoms with Crippen molar-refractivity contribution in [2.45, 2.75) is 10.6 Å². The van der Waals surface area contributed by atoms with Gasteiger partial charge in [-0.05, 0) is 60.2 Å². The van der Waals surface area contributed by atoms with E-state index in [1.54, 1.807) is 54.6 Å². The summed E-state index contributed by atoms with van der Waals surface area (Å²) < 4.78 is 5.44. The summed E-state index contributed by atoms with van der Waals surface area (Å²) in [6.07, 6.45) is 5.13. The Morgan fingerprint density at radius 3 is 2.49 bits per heavy atom. The molecule has 35 heavy (non-hydrogen) atoms. The number of carbonyl (C=O) groups is 2. The first-order valence-corrected chi connectivity index (χ1v) is 11.8. The SMILES string of the molecule is O=C(NNC(=O)c1cc(-c2ccco2)nc2ccccc12)c1ccc(SCc2cccnc2)cc1. The topological polar surface area (TPSA) is 97.1 Å². The molecule has 5 rings (SSSR count). The van der Waals surface area contributed by atoms with Crippen LogP contribution in [-0.2, 0) is 5.75 Å². The van der Waals surface area contributed by atoms with Gasteiger partial charge in [0.25, 0.3) is 11.8 Å². The van der Waals surface area contributed by atoms with Gasteiger partial charge in [0.05, 0.1) is 17.3 Å². The molecule has 0 radical (unpaired) electrons. The van der Waals surface area contributed by atoms with Crippen LogP contribution in [0, 0.1) is 0 Å². The number of hydrogen-bond acceptors (Lipinski definition) is 6. The molecule has 172 valence electrons. The number of thioether (sulfide) groups is 1. The number of carbonyl (C=O) groups excluding carboxylic acids is 2. The number of para-hydroxylation sites is 1. The first kappa shape index (κ1) is 22.4. The lowest BCUT2D eigenvalue weighted by atomic mass is 10.1. The molecule has 8 heteroatoms. The molecule has 0 aliphatic heterocycles. The fraction of sp³-hybridized carbons (Fsp3) is 0.0370. The molecular formula is C27H20N4O3S. The second kappa shape index (κ2) is 10.2. The van der Waals surface area contributed by atoms with Gasteiger partial charge in [-0.25, -0.2) is 4.98 Å². The van der Waals surface area contributed by atoms with E-state index < -0.39 is 11.8 Å². The van der Waals surface area contributed by atoms with Crippen molar-refractivity contribution >= 4 is 34.5 Å². The Morgan fingerprint density at radius 2 is 1.71 bits per heavy atom. The number of furan rings is 1. The molecule has 2 aromatic carbocycles. The number of nitrogens with zero attached hydrogens (tertiary/aromatic N) is 2. The molecule has 5 aromatic rings. The molecule has 2 N–H and O–H groups in total. The number of aromatic nitrogens is 2. The summed E-state index contributed by atoms with van der Waals surface area (Å²) >= 11 is 1.66. The van der Waals surface area contributed by atoms with Gasteiger partial charge in [0.1, 0.15) is 5.69 Å². The van der Waals surface area contributed by atoms with Crippen molar-refractivity contribution in [3.63, 3.8) is 0 Å². The van der Waals surface area contributed by atoms with Crippen molar-refractivity contribution in [2.75, 3.05) is 0 Å². The van der Waals surface area contributed by atoms with Crippen LogP contribution in [0.1, 0.15) is 26.3 Å². The molecule has 0 saturated carbocycles. The number of pyridine rings is 2. The van der Waals surface area contributed by atoms with Crippen LogP contribution in [-0.4, -0.2) is 21.8 Å². The highest BCUT2D eigenvalue weighted by atomic mass is 32.2. The highest BCUT2D eigenvalue weighted by Gasteiger charge is 2.16. The number of amides is 2. The molecule has 0 bridgehead atoms. The fourth-order valence-corrected chi connectivity index (χ4v) is 4.35. The fourth-order valence-electron chi connectivity index (χ4n) is 3.52. The number of nitrogens with one attached hydrogen (secondary N) is 2. The predicted molar refractivity (Wildman–Crippen MR) is 135 cm³/mol. The van der Waals surface area contributed by atoms with Crippen LogP contribution < -0.4 is 10.9 Å². The molecule has 3 heterocycles. The number of hydrazine groups is 1. The van der Waals surface area contributed by atoms with Crippen LogP contribution in [0.15, 0.2) is 107 Å². The quantitative estimate of drug-likeness (QED) is 0.254. The molecule has 0 fully saturated rings. The van der Waals surface area contributed by atoms with Gasteiger partial charge < -0.3 is 4.42 Å². The second-order valence-corrected chi connectivity index (χ2v) is 8.68. The maximum atomic E-state index is 13.0. The Hall–Kier alpha value is -4.43. The summed E-state index contributed by atoms with van der Waals surface area (Å²) in [6, 6.07) is 23.6. The summed E-state index contributed by atoms with van der Waals surface area (Å²) in [6.45, 7) is 0. The van der Waals surface area contributed by atoms with E-state index >= 15 is 0 Å². The molecule has 0 unspecified atom stereocenters. The minimum Gasteiger partial charge on any atom is -0.463 e. The van der Waals surface area contributed by atoms with Gasteiger partial charge in [-0.15, -0.1) is 11.8 Å². The van der Waals surface area contributed by atoms with Crippen LogP contribution in [0.5, 0.6) is 0 Å². The summed E-state index contributed by atoms with van der Waals surface area (Å²) in [5, 5.41) is 0.671. The van der Waals surface area contributed by atoms with Crippen molar-refractivity contribution in [3.8, 4) is 11.5 Å². The molecule has 0 aliphatic rings. The van der Waals surface area contributed by atoms with Crippen LogP contribution in [0.25, 0.3) is 22.4 Å². The van der Waals surface area contributed by atoms with E-state index in [1.165, 1.54) is 0 Å². The smallest absolute Gasteiger partial charge is 0.270 e. The number of rotatable bonds is 6. The van der Waals surface area contributed by atoms with E-state index in [0.29, 0.717) is 33.5 Å². The summed E-state index contributed by atoms with van der Waals surface area (Å²) in [7, 11) is 0. The van der Waals surface area contributed by atoms with Crippen molar-refractivity contribution in [1.29, 1.82) is 0 Å². The molecule has 2 amide bonds. The zero-order valence-electron chi connectivity index (χ0n) is 18.5. The minimum atomic E-state index is -0.451. The molecule has 0 saturated heterocycles. The van der Waals surface area contributed by atoms with Gasteiger partial charge in [0.2, 0.25) is 0 Å². The van der Waals surface area contributed by atoms with E-state index in [9.17, 15) is 9.59 Å². The monoisotopic (exact) mass is 480 g/mol. The second-order valence-electron chi connectivity index (χ2n) is 7.63. The third kappa shape index (κ3) is 5.23. The van der Waals surface area contributed by atoms with Crippen LogP contribution in [0.3, 0.4) is 0 Å². The van der Waals surface area contributed by atoms with Gasteiger partial charge in [0.15, 0.2) is 5.76 Å². The summed E-state index contributed by atoms with van der Waals surface area (Å²) in [5.41, 5.74) is 8.13. The highest BCUT2D eigenvalue weighted by molar-refractivity contribution is 7.98. The number of benzene rings is 2. The van der Waals surface area contributed by atoms with E-state index in [-0.39, 0.29) is 0 Å². The lowest BCUT2D eigenvalue weighted by Crippen LogP contribution is -2.41. The van der Waals surface area contributed by atoms with E-state index in [2.05, 4.69) is 20.8 Å². The third-order valence-electron chi connectivity index (χ3n) is 5.27. The van der Waals surface area contributed by atoms with Gasteiger partial charge in [-0.2, -0.15) is 0 Å². The molecule has 3 aromatic heterocycles. The summed E-state index contributed by atoms with van der Waals surface area (Å²) in [5.74, 6) is 0.477. The number of hydrogen-bond donors (Lipinski definition) is 2. The molecule has 0 spiro atoms. The molecule has 0 atom stereocenters. The lowest BCUT2D eigenvalue weighted by molar-refractivity contribution is 0.0847. The van der Waals surface area contributed by atoms with Gasteiger partial charge in [-0.1, -0.05) is 24.3 Å². The highest BCUT2D eigenvalue weighted by Crippen LogP contribution is 2.25. The average molecular weight is 481 g/mol. The Morgan fingerprint density at radius 1 is 0.886 bits per heavy atom. The van der Waals surface area contributed by atoms with Crippen molar-refractivity contribution in [3.05, 3.63) is 114 Å².